The van der Waals surface area contributed by atoms with Crippen molar-refractivity contribution in [3.05, 3.63) is 0 Å². The molecule has 0 aromatic carbocycles. The number of rotatable bonds is 1. The van der Waals surface area contributed by atoms with Crippen molar-refractivity contribution in [1.82, 2.24) is 0 Å². The molecular weight excluding hydrogens is 308 g/mol. The van der Waals surface area contributed by atoms with Crippen LogP contribution in [0.3, 0.4) is 0 Å². The minimum absolute atomic E-state index is 0.240. The molecule has 0 amide bonds. The molecule has 4 aliphatic carbocycles. The van der Waals surface area contributed by atoms with Crippen molar-refractivity contribution >= 4 is 5.78 Å². The molecule has 0 aliphatic heterocycles. The monoisotopic (exact) mass is 342 g/mol. The largest absolute Gasteiger partial charge is 0.378 e. The van der Waals surface area contributed by atoms with Gasteiger partial charge in [0.25, 0.3) is 0 Å². The Bertz CT molecular complexity index is 618. The van der Waals surface area contributed by atoms with E-state index in [1.165, 1.54) is 32.1 Å². The van der Waals surface area contributed by atoms with E-state index >= 15 is 0 Å². The summed E-state index contributed by atoms with van der Waals surface area (Å²) in [7, 11) is 0. The van der Waals surface area contributed by atoms with Crippen molar-refractivity contribution in [2.45, 2.75) is 84.2 Å². The maximum absolute atomic E-state index is 12.2. The molecule has 0 spiro atoms. The van der Waals surface area contributed by atoms with Gasteiger partial charge < -0.3 is 5.11 Å². The molecule has 0 radical (unpaired) electrons. The van der Waals surface area contributed by atoms with E-state index in [1.54, 1.807) is 0 Å². The molecule has 4 aliphatic rings. The first-order valence-corrected chi connectivity index (χ1v) is 10.4. The number of terminal acetylenes is 1. The number of hydrogen-bond donors (Lipinski definition) is 1. The third-order valence-corrected chi connectivity index (χ3v) is 9.49. The number of carbonyl (C=O) groups is 1. The highest BCUT2D eigenvalue weighted by Gasteiger charge is 2.61. The van der Waals surface area contributed by atoms with E-state index in [0.29, 0.717) is 23.0 Å². The van der Waals surface area contributed by atoms with Gasteiger partial charge in [-0.15, -0.1) is 6.42 Å². The van der Waals surface area contributed by atoms with Crippen molar-refractivity contribution in [2.24, 2.45) is 40.4 Å². The Morgan fingerprint density at radius 2 is 1.72 bits per heavy atom. The van der Waals surface area contributed by atoms with Gasteiger partial charge in [-0.3, -0.25) is 4.79 Å². The van der Waals surface area contributed by atoms with Gasteiger partial charge in [0, 0.05) is 5.92 Å². The van der Waals surface area contributed by atoms with Gasteiger partial charge in [-0.25, -0.2) is 0 Å². The molecule has 4 saturated carbocycles. The zero-order chi connectivity index (χ0) is 18.0. The Hall–Kier alpha value is -0.810. The summed E-state index contributed by atoms with van der Waals surface area (Å²) >= 11 is 0. The molecule has 1 N–H and O–H groups in total. The average molecular weight is 343 g/mol. The number of ketones is 1. The number of fused-ring (bicyclic) bond motifs is 5. The third kappa shape index (κ3) is 2.38. The zero-order valence-corrected chi connectivity index (χ0v) is 16.2. The van der Waals surface area contributed by atoms with Crippen molar-refractivity contribution in [3.63, 3.8) is 0 Å². The highest BCUT2D eigenvalue weighted by molar-refractivity contribution is 5.79. The lowest BCUT2D eigenvalue weighted by molar-refractivity contribution is -0.144. The second kappa shape index (κ2) is 5.59. The Balaban J connectivity index is 1.60. The predicted molar refractivity (Wildman–Crippen MR) is 99.7 cm³/mol. The molecule has 3 unspecified atom stereocenters. The summed E-state index contributed by atoms with van der Waals surface area (Å²) in [5.74, 6) is 6.23. The Morgan fingerprint density at radius 1 is 1.00 bits per heavy atom. The molecule has 4 rings (SSSR count). The van der Waals surface area contributed by atoms with Crippen LogP contribution >= 0.6 is 0 Å². The van der Waals surface area contributed by atoms with Crippen molar-refractivity contribution in [1.29, 1.82) is 0 Å². The lowest BCUT2D eigenvalue weighted by atomic mass is 9.44. The van der Waals surface area contributed by atoms with Gasteiger partial charge in [0.2, 0.25) is 0 Å². The Labute approximate surface area is 153 Å². The van der Waals surface area contributed by atoms with E-state index in [0.717, 1.165) is 43.4 Å². The summed E-state index contributed by atoms with van der Waals surface area (Å²) in [6.07, 6.45) is 15.6. The number of hydrogen-bond acceptors (Lipinski definition) is 2. The van der Waals surface area contributed by atoms with Crippen molar-refractivity contribution < 1.29 is 9.90 Å². The molecule has 138 valence electrons. The second-order valence-corrected chi connectivity index (χ2v) is 10.3. The summed E-state index contributed by atoms with van der Waals surface area (Å²) in [6, 6.07) is 0. The lowest BCUT2D eigenvalue weighted by Crippen LogP contribution is -2.55. The maximum atomic E-state index is 12.2. The van der Waals surface area contributed by atoms with Gasteiger partial charge in [0.05, 0.1) is 0 Å². The smallest absolute Gasteiger partial charge is 0.133 e. The van der Waals surface area contributed by atoms with Crippen LogP contribution < -0.4 is 0 Å². The Kier molecular flexibility index (Phi) is 3.94. The van der Waals surface area contributed by atoms with Crippen LogP contribution in [-0.2, 0) is 4.79 Å². The van der Waals surface area contributed by atoms with Gasteiger partial charge in [0.1, 0.15) is 11.4 Å². The topological polar surface area (TPSA) is 37.3 Å². The predicted octanol–water partition coefficient (Wildman–Crippen LogP) is 4.60. The number of aliphatic hydroxyl groups is 1. The maximum Gasteiger partial charge on any atom is 0.133 e. The summed E-state index contributed by atoms with van der Waals surface area (Å²) in [5, 5.41) is 10.6. The van der Waals surface area contributed by atoms with Gasteiger partial charge in [0.15, 0.2) is 0 Å². The molecule has 0 bridgehead atoms. The molecule has 2 heteroatoms. The van der Waals surface area contributed by atoms with Crippen LogP contribution in [0.25, 0.3) is 0 Å². The summed E-state index contributed by atoms with van der Waals surface area (Å²) < 4.78 is 0. The molecule has 0 aromatic rings. The van der Waals surface area contributed by atoms with Crippen LogP contribution in [0.1, 0.15) is 78.6 Å². The normalized spacial score (nSPS) is 54.8. The molecule has 25 heavy (non-hydrogen) atoms. The highest BCUT2D eigenvalue weighted by Crippen LogP contribution is 2.68. The molecule has 4 fully saturated rings. The van der Waals surface area contributed by atoms with Crippen LogP contribution in [0.15, 0.2) is 0 Å². The van der Waals surface area contributed by atoms with Crippen molar-refractivity contribution in [2.75, 3.05) is 0 Å². The SMILES string of the molecule is C#C[C@@]1(O)CC[C@]2(C)C3CC[C@@]4(C)C(CC[C@@H]4C(C)=O)C3CC[C@H]2C1. The fourth-order valence-electron chi connectivity index (χ4n) is 8.04. The molecule has 8 atom stereocenters. The zero-order valence-electron chi connectivity index (χ0n) is 16.2. The van der Waals surface area contributed by atoms with Gasteiger partial charge in [-0.1, -0.05) is 19.8 Å². The van der Waals surface area contributed by atoms with Crippen LogP contribution in [0.2, 0.25) is 0 Å². The van der Waals surface area contributed by atoms with E-state index in [-0.39, 0.29) is 5.41 Å². The van der Waals surface area contributed by atoms with E-state index in [1.807, 2.05) is 6.92 Å². The fraction of sp³-hybridized carbons (Fsp3) is 0.870. The summed E-state index contributed by atoms with van der Waals surface area (Å²) in [4.78, 5) is 12.2. The van der Waals surface area contributed by atoms with Crippen LogP contribution in [0.5, 0.6) is 0 Å². The second-order valence-electron chi connectivity index (χ2n) is 10.3. The van der Waals surface area contributed by atoms with Crippen LogP contribution in [0, 0.1) is 52.8 Å². The number of carbonyl (C=O) groups excluding carboxylic acids is 1. The summed E-state index contributed by atoms with van der Waals surface area (Å²) in [5.41, 5.74) is -0.292. The Morgan fingerprint density at radius 3 is 2.40 bits per heavy atom. The first-order chi connectivity index (χ1) is 11.7. The molecule has 0 aromatic heterocycles. The first-order valence-electron chi connectivity index (χ1n) is 10.4. The standard InChI is InChI=1S/C23H34O2/c1-5-23(25)13-12-21(3)16(14-23)6-7-17-19-9-8-18(15(2)24)22(19,4)11-10-20(17)21/h1,16-20,25H,6-14H2,2-4H3/t16-,17?,18+,19?,20?,21-,22+,23+/m0/s1. The fourth-order valence-corrected chi connectivity index (χ4v) is 8.04. The lowest BCUT2D eigenvalue weighted by Gasteiger charge is -2.61. The molecule has 2 nitrogen and oxygen atoms in total. The molecule has 0 saturated heterocycles. The van der Waals surface area contributed by atoms with E-state index in [9.17, 15) is 9.90 Å². The quantitative estimate of drug-likeness (QED) is 0.707. The molecular formula is C23H34O2. The van der Waals surface area contributed by atoms with Crippen molar-refractivity contribution in [3.8, 4) is 12.3 Å². The summed E-state index contributed by atoms with van der Waals surface area (Å²) in [6.45, 7) is 6.72. The van der Waals surface area contributed by atoms with E-state index < -0.39 is 5.60 Å². The van der Waals surface area contributed by atoms with Crippen LogP contribution in [0.4, 0.5) is 0 Å². The third-order valence-electron chi connectivity index (χ3n) is 9.49. The van der Waals surface area contributed by atoms with Gasteiger partial charge in [-0.2, -0.15) is 0 Å². The average Bonchev–Trinajstić information content (AvgIpc) is 2.93. The minimum Gasteiger partial charge on any atom is -0.378 e. The van der Waals surface area contributed by atoms with E-state index in [2.05, 4.69) is 19.8 Å². The van der Waals surface area contributed by atoms with Gasteiger partial charge >= 0.3 is 0 Å². The number of Topliss-reactive ketones (excluding diaryl/α,β-unsaturated/α-hetero) is 1. The first kappa shape index (κ1) is 17.6. The molecule has 0 heterocycles. The highest BCUT2D eigenvalue weighted by atomic mass is 16.3. The van der Waals surface area contributed by atoms with Crippen LogP contribution in [-0.4, -0.2) is 16.5 Å². The minimum atomic E-state index is -0.868. The van der Waals surface area contributed by atoms with E-state index in [4.69, 9.17) is 6.42 Å². The van der Waals surface area contributed by atoms with Gasteiger partial charge in [-0.05, 0) is 99.2 Å².